The highest BCUT2D eigenvalue weighted by molar-refractivity contribution is 5.13. The average molecular weight is 252 g/mol. The second-order valence-corrected chi connectivity index (χ2v) is 8.25. The molecule has 0 aliphatic carbocycles. The number of nitrogens with zero attached hydrogens (tertiary/aromatic N) is 2. The van der Waals surface area contributed by atoms with Crippen molar-refractivity contribution in [1.29, 1.82) is 0 Å². The molecule has 0 aromatic heterocycles. The third kappa shape index (κ3) is 2.02. The lowest BCUT2D eigenvalue weighted by Crippen LogP contribution is -2.62. The predicted octanol–water partition coefficient (Wildman–Crippen LogP) is 3.37. The minimum Gasteiger partial charge on any atom is -0.296 e. The van der Waals surface area contributed by atoms with Gasteiger partial charge >= 0.3 is 0 Å². The molecule has 0 bridgehead atoms. The number of rotatable bonds is 1. The van der Waals surface area contributed by atoms with Crippen LogP contribution in [0.3, 0.4) is 0 Å². The van der Waals surface area contributed by atoms with Gasteiger partial charge in [0.25, 0.3) is 0 Å². The highest BCUT2D eigenvalue weighted by Crippen LogP contribution is 2.51. The molecular weight excluding hydrogens is 220 g/mol. The van der Waals surface area contributed by atoms with E-state index in [1.165, 1.54) is 32.5 Å². The minimum absolute atomic E-state index is 0.298. The smallest absolute Gasteiger partial charge is 0.0376 e. The van der Waals surface area contributed by atoms with Crippen molar-refractivity contribution in [3.05, 3.63) is 0 Å². The normalized spacial score (nSPS) is 39.3. The van der Waals surface area contributed by atoms with Crippen LogP contribution in [-0.4, -0.2) is 46.6 Å². The fraction of sp³-hybridized carbons (Fsp3) is 1.00. The quantitative estimate of drug-likeness (QED) is 0.706. The van der Waals surface area contributed by atoms with E-state index in [1.54, 1.807) is 0 Å². The molecule has 106 valence electrons. The molecule has 0 unspecified atom stereocenters. The molecule has 0 amide bonds. The zero-order valence-corrected chi connectivity index (χ0v) is 13.5. The molecule has 2 heteroatoms. The zero-order chi connectivity index (χ0) is 13.8. The van der Waals surface area contributed by atoms with Crippen LogP contribution in [0.25, 0.3) is 0 Å². The molecule has 2 saturated heterocycles. The molecule has 2 aliphatic rings. The highest BCUT2D eigenvalue weighted by atomic mass is 15.3. The largest absolute Gasteiger partial charge is 0.296 e. The second kappa shape index (κ2) is 4.21. The summed E-state index contributed by atoms with van der Waals surface area (Å²) in [7, 11) is 0. The van der Waals surface area contributed by atoms with Gasteiger partial charge in [0.2, 0.25) is 0 Å². The molecule has 0 spiro atoms. The van der Waals surface area contributed by atoms with Gasteiger partial charge in [0.15, 0.2) is 0 Å². The van der Waals surface area contributed by atoms with Crippen molar-refractivity contribution in [2.45, 2.75) is 78.4 Å². The first kappa shape index (κ1) is 14.3. The number of piperidine rings is 1. The maximum Gasteiger partial charge on any atom is 0.0376 e. The van der Waals surface area contributed by atoms with Crippen LogP contribution in [0.2, 0.25) is 0 Å². The van der Waals surface area contributed by atoms with Crippen molar-refractivity contribution in [2.24, 2.45) is 5.41 Å². The molecule has 2 fully saturated rings. The molecule has 2 aliphatic heterocycles. The fourth-order valence-electron chi connectivity index (χ4n) is 4.18. The van der Waals surface area contributed by atoms with Crippen molar-refractivity contribution in [2.75, 3.05) is 19.6 Å². The third-order valence-electron chi connectivity index (χ3n) is 5.67. The average Bonchev–Trinajstić information content (AvgIpc) is 2.48. The predicted molar refractivity (Wildman–Crippen MR) is 78.9 cm³/mol. The Labute approximate surface area is 114 Å². The van der Waals surface area contributed by atoms with Gasteiger partial charge in [-0.25, -0.2) is 0 Å². The Morgan fingerprint density at radius 3 is 2.17 bits per heavy atom. The Kier molecular flexibility index (Phi) is 3.35. The van der Waals surface area contributed by atoms with Crippen molar-refractivity contribution in [1.82, 2.24) is 9.80 Å². The van der Waals surface area contributed by atoms with E-state index < -0.39 is 0 Å². The Morgan fingerprint density at radius 2 is 1.67 bits per heavy atom. The second-order valence-electron chi connectivity index (χ2n) is 8.25. The van der Waals surface area contributed by atoms with Crippen LogP contribution in [0.1, 0.15) is 61.3 Å². The van der Waals surface area contributed by atoms with E-state index in [9.17, 15) is 0 Å². The maximum atomic E-state index is 2.77. The van der Waals surface area contributed by atoms with Gasteiger partial charge in [-0.1, -0.05) is 6.92 Å². The summed E-state index contributed by atoms with van der Waals surface area (Å²) in [6, 6.07) is 0.662. The third-order valence-corrected chi connectivity index (χ3v) is 5.67. The first-order valence-electron chi connectivity index (χ1n) is 7.62. The van der Waals surface area contributed by atoms with Gasteiger partial charge in [-0.15, -0.1) is 0 Å². The molecule has 0 aromatic rings. The number of hydrogen-bond acceptors (Lipinski definition) is 2. The summed E-state index contributed by atoms with van der Waals surface area (Å²) in [5.41, 5.74) is 1.11. The number of likely N-dealkylation sites (tertiary alicyclic amines) is 2. The van der Waals surface area contributed by atoms with E-state index in [0.717, 1.165) is 0 Å². The summed E-state index contributed by atoms with van der Waals surface area (Å²) >= 11 is 0. The SMILES string of the molecule is CC(C)N1CCC[C@@]2(C)CN(C(C)(C)C)C[C@@]12C. The Balaban J connectivity index is 2.32. The summed E-state index contributed by atoms with van der Waals surface area (Å²) in [6.45, 7) is 20.6. The van der Waals surface area contributed by atoms with Crippen LogP contribution in [0.15, 0.2) is 0 Å². The van der Waals surface area contributed by atoms with Crippen LogP contribution in [0.4, 0.5) is 0 Å². The lowest BCUT2D eigenvalue weighted by atomic mass is 9.67. The van der Waals surface area contributed by atoms with Crippen LogP contribution in [-0.2, 0) is 0 Å². The Hall–Kier alpha value is -0.0800. The summed E-state index contributed by atoms with van der Waals surface area (Å²) in [4.78, 5) is 5.47. The van der Waals surface area contributed by atoms with Gasteiger partial charge in [-0.2, -0.15) is 0 Å². The van der Waals surface area contributed by atoms with E-state index in [-0.39, 0.29) is 0 Å². The summed E-state index contributed by atoms with van der Waals surface area (Å²) < 4.78 is 0. The molecule has 18 heavy (non-hydrogen) atoms. The first-order chi connectivity index (χ1) is 8.10. The van der Waals surface area contributed by atoms with Gasteiger partial charge in [-0.3, -0.25) is 9.80 Å². The standard InChI is InChI=1S/C16H32N2/c1-13(2)18-10-8-9-15(6)11-17(14(3,4)5)12-16(15,18)7/h13H,8-12H2,1-7H3/t15-,16+/m0/s1. The van der Waals surface area contributed by atoms with Crippen LogP contribution in [0, 0.1) is 5.41 Å². The molecule has 0 radical (unpaired) electrons. The fourth-order valence-corrected chi connectivity index (χ4v) is 4.18. The maximum absolute atomic E-state index is 2.77. The van der Waals surface area contributed by atoms with Gasteiger partial charge in [-0.05, 0) is 66.3 Å². The summed E-state index contributed by atoms with van der Waals surface area (Å²) in [5.74, 6) is 0. The number of hydrogen-bond donors (Lipinski definition) is 0. The molecule has 2 heterocycles. The molecule has 2 rings (SSSR count). The van der Waals surface area contributed by atoms with Crippen molar-refractivity contribution >= 4 is 0 Å². The molecule has 2 atom stereocenters. The van der Waals surface area contributed by atoms with E-state index in [1.807, 2.05) is 0 Å². The first-order valence-corrected chi connectivity index (χ1v) is 7.62. The Morgan fingerprint density at radius 1 is 1.06 bits per heavy atom. The molecule has 0 N–H and O–H groups in total. The van der Waals surface area contributed by atoms with E-state index in [0.29, 0.717) is 22.5 Å². The van der Waals surface area contributed by atoms with Crippen molar-refractivity contribution in [3.63, 3.8) is 0 Å². The highest BCUT2D eigenvalue weighted by Gasteiger charge is 2.58. The summed E-state index contributed by atoms with van der Waals surface area (Å²) in [6.07, 6.45) is 2.75. The van der Waals surface area contributed by atoms with Gasteiger partial charge in [0.05, 0.1) is 0 Å². The van der Waals surface area contributed by atoms with Crippen LogP contribution < -0.4 is 0 Å². The van der Waals surface area contributed by atoms with E-state index >= 15 is 0 Å². The minimum atomic E-state index is 0.298. The lowest BCUT2D eigenvalue weighted by Gasteiger charge is -2.54. The Bertz CT molecular complexity index is 318. The molecule has 2 nitrogen and oxygen atoms in total. The number of fused-ring (bicyclic) bond motifs is 1. The van der Waals surface area contributed by atoms with Gasteiger partial charge < -0.3 is 0 Å². The van der Waals surface area contributed by atoms with E-state index in [2.05, 4.69) is 58.3 Å². The topological polar surface area (TPSA) is 6.48 Å². The molecule has 0 saturated carbocycles. The van der Waals surface area contributed by atoms with Crippen molar-refractivity contribution < 1.29 is 0 Å². The molecule has 0 aromatic carbocycles. The lowest BCUT2D eigenvalue weighted by molar-refractivity contribution is -0.0368. The van der Waals surface area contributed by atoms with Gasteiger partial charge in [0.1, 0.15) is 0 Å². The summed E-state index contributed by atoms with van der Waals surface area (Å²) in [5, 5.41) is 0. The van der Waals surface area contributed by atoms with E-state index in [4.69, 9.17) is 0 Å². The zero-order valence-electron chi connectivity index (χ0n) is 13.5. The molecular formula is C16H32N2. The van der Waals surface area contributed by atoms with Crippen LogP contribution >= 0.6 is 0 Å². The van der Waals surface area contributed by atoms with Crippen molar-refractivity contribution in [3.8, 4) is 0 Å². The van der Waals surface area contributed by atoms with Crippen LogP contribution in [0.5, 0.6) is 0 Å². The van der Waals surface area contributed by atoms with Gasteiger partial charge in [0, 0.05) is 30.2 Å². The monoisotopic (exact) mass is 252 g/mol.